The van der Waals surface area contributed by atoms with Gasteiger partial charge in [0.15, 0.2) is 0 Å². The Bertz CT molecular complexity index is 322. The van der Waals surface area contributed by atoms with Gasteiger partial charge in [-0.1, -0.05) is 19.8 Å². The van der Waals surface area contributed by atoms with E-state index >= 15 is 0 Å². The second kappa shape index (κ2) is 4.65. The molecule has 0 spiro atoms. The van der Waals surface area contributed by atoms with E-state index in [1.54, 1.807) is 0 Å². The smallest absolute Gasteiger partial charge is 0.126 e. The molecule has 0 aromatic carbocycles. The number of hydrogen-bond donors (Lipinski definition) is 1. The number of aryl methyl sites for hydroxylation is 1. The molecule has 0 aliphatic heterocycles. The molecule has 0 amide bonds. The monoisotopic (exact) mass is 204 g/mol. The van der Waals surface area contributed by atoms with Gasteiger partial charge in [0.1, 0.15) is 5.82 Å². The van der Waals surface area contributed by atoms with Gasteiger partial charge in [0.05, 0.1) is 0 Å². The fraction of sp³-hybridized carbons (Fsp3) is 0.615. The van der Waals surface area contributed by atoms with E-state index in [1.807, 2.05) is 12.3 Å². The van der Waals surface area contributed by atoms with Crippen LogP contribution < -0.4 is 5.32 Å². The Morgan fingerprint density at radius 2 is 2.13 bits per heavy atom. The van der Waals surface area contributed by atoms with Gasteiger partial charge in [0.2, 0.25) is 0 Å². The summed E-state index contributed by atoms with van der Waals surface area (Å²) in [5, 5.41) is 3.56. The third kappa shape index (κ3) is 2.71. The summed E-state index contributed by atoms with van der Waals surface area (Å²) in [6.45, 7) is 4.45. The van der Waals surface area contributed by atoms with Gasteiger partial charge >= 0.3 is 0 Å². The van der Waals surface area contributed by atoms with Crippen molar-refractivity contribution in [1.82, 2.24) is 4.98 Å². The standard InChI is InChI=1S/C13H20N2/c1-10-7-8-14-13(9-10)15-12-6-4-3-5-11(12)2/h7-9,11-12H,3-6H2,1-2H3,(H,14,15)/t11-,12-/m1/s1. The van der Waals surface area contributed by atoms with Crippen LogP contribution in [0.3, 0.4) is 0 Å². The molecule has 1 fully saturated rings. The minimum Gasteiger partial charge on any atom is -0.367 e. The van der Waals surface area contributed by atoms with E-state index < -0.39 is 0 Å². The number of pyridine rings is 1. The van der Waals surface area contributed by atoms with Crippen LogP contribution in [0, 0.1) is 12.8 Å². The molecule has 2 rings (SSSR count). The molecule has 0 saturated heterocycles. The van der Waals surface area contributed by atoms with Crippen LogP contribution in [-0.4, -0.2) is 11.0 Å². The van der Waals surface area contributed by atoms with Gasteiger partial charge in [-0.2, -0.15) is 0 Å². The molecule has 1 aliphatic rings. The number of anilines is 1. The van der Waals surface area contributed by atoms with E-state index in [-0.39, 0.29) is 0 Å². The van der Waals surface area contributed by atoms with Gasteiger partial charge in [-0.05, 0) is 43.4 Å². The molecular formula is C13H20N2. The topological polar surface area (TPSA) is 24.9 Å². The third-order valence-corrected chi connectivity index (χ3v) is 3.36. The van der Waals surface area contributed by atoms with E-state index in [1.165, 1.54) is 31.2 Å². The first-order valence-corrected chi connectivity index (χ1v) is 5.95. The highest BCUT2D eigenvalue weighted by Crippen LogP contribution is 2.26. The van der Waals surface area contributed by atoms with E-state index in [0.29, 0.717) is 6.04 Å². The second-order valence-corrected chi connectivity index (χ2v) is 4.73. The molecular weight excluding hydrogens is 184 g/mol. The van der Waals surface area contributed by atoms with Crippen molar-refractivity contribution in [3.63, 3.8) is 0 Å². The third-order valence-electron chi connectivity index (χ3n) is 3.36. The van der Waals surface area contributed by atoms with Crippen LogP contribution in [0.2, 0.25) is 0 Å². The maximum absolute atomic E-state index is 4.36. The minimum atomic E-state index is 0.619. The average Bonchev–Trinajstić information content (AvgIpc) is 2.22. The molecule has 0 unspecified atom stereocenters. The zero-order valence-corrected chi connectivity index (χ0v) is 9.66. The largest absolute Gasteiger partial charge is 0.367 e. The van der Waals surface area contributed by atoms with Crippen molar-refractivity contribution >= 4 is 5.82 Å². The molecule has 1 N–H and O–H groups in total. The Labute approximate surface area is 92.1 Å². The minimum absolute atomic E-state index is 0.619. The first-order chi connectivity index (χ1) is 7.25. The number of aromatic nitrogens is 1. The highest BCUT2D eigenvalue weighted by atomic mass is 15.0. The fourth-order valence-corrected chi connectivity index (χ4v) is 2.34. The molecule has 0 bridgehead atoms. The fourth-order valence-electron chi connectivity index (χ4n) is 2.34. The lowest BCUT2D eigenvalue weighted by molar-refractivity contribution is 0.349. The van der Waals surface area contributed by atoms with Crippen molar-refractivity contribution < 1.29 is 0 Å². The van der Waals surface area contributed by atoms with E-state index in [2.05, 4.69) is 30.2 Å². The Hall–Kier alpha value is -1.05. The van der Waals surface area contributed by atoms with Gasteiger partial charge in [-0.3, -0.25) is 0 Å². The molecule has 1 aromatic rings. The quantitative estimate of drug-likeness (QED) is 0.798. The summed E-state index contributed by atoms with van der Waals surface area (Å²) in [7, 11) is 0. The first-order valence-electron chi connectivity index (χ1n) is 5.95. The molecule has 2 atom stereocenters. The molecule has 1 heterocycles. The summed E-state index contributed by atoms with van der Waals surface area (Å²) in [5.74, 6) is 1.81. The summed E-state index contributed by atoms with van der Waals surface area (Å²) >= 11 is 0. The number of hydrogen-bond acceptors (Lipinski definition) is 2. The molecule has 1 aliphatic carbocycles. The summed E-state index contributed by atoms with van der Waals surface area (Å²) in [6, 6.07) is 4.78. The normalized spacial score (nSPS) is 26.3. The van der Waals surface area contributed by atoms with Crippen LogP contribution in [-0.2, 0) is 0 Å². The van der Waals surface area contributed by atoms with Crippen LogP contribution in [0.25, 0.3) is 0 Å². The lowest BCUT2D eigenvalue weighted by Gasteiger charge is -2.29. The number of rotatable bonds is 2. The molecule has 1 saturated carbocycles. The summed E-state index contributed by atoms with van der Waals surface area (Å²) in [4.78, 5) is 4.36. The van der Waals surface area contributed by atoms with Crippen molar-refractivity contribution in [2.24, 2.45) is 5.92 Å². The van der Waals surface area contributed by atoms with Gasteiger partial charge in [0.25, 0.3) is 0 Å². The predicted molar refractivity (Wildman–Crippen MR) is 64.0 cm³/mol. The lowest BCUT2D eigenvalue weighted by Crippen LogP contribution is -2.30. The Kier molecular flexibility index (Phi) is 3.24. The Balaban J connectivity index is 2.01. The summed E-state index contributed by atoms with van der Waals surface area (Å²) in [6.07, 6.45) is 7.26. The van der Waals surface area contributed by atoms with Crippen molar-refractivity contribution in [2.75, 3.05) is 5.32 Å². The summed E-state index contributed by atoms with van der Waals surface area (Å²) in [5.41, 5.74) is 1.27. The van der Waals surface area contributed by atoms with Crippen LogP contribution in [0.15, 0.2) is 18.3 Å². The van der Waals surface area contributed by atoms with Crippen molar-refractivity contribution in [1.29, 1.82) is 0 Å². The van der Waals surface area contributed by atoms with Crippen molar-refractivity contribution in [2.45, 2.75) is 45.6 Å². The highest BCUT2D eigenvalue weighted by molar-refractivity contribution is 5.38. The molecule has 15 heavy (non-hydrogen) atoms. The molecule has 2 heteroatoms. The average molecular weight is 204 g/mol. The predicted octanol–water partition coefficient (Wildman–Crippen LogP) is 3.38. The van der Waals surface area contributed by atoms with E-state index in [4.69, 9.17) is 0 Å². The van der Waals surface area contributed by atoms with Gasteiger partial charge in [0, 0.05) is 12.2 Å². The summed E-state index contributed by atoms with van der Waals surface area (Å²) < 4.78 is 0. The van der Waals surface area contributed by atoms with Crippen LogP contribution >= 0.6 is 0 Å². The maximum atomic E-state index is 4.36. The second-order valence-electron chi connectivity index (χ2n) is 4.73. The van der Waals surface area contributed by atoms with E-state index in [9.17, 15) is 0 Å². The van der Waals surface area contributed by atoms with Crippen LogP contribution in [0.5, 0.6) is 0 Å². The van der Waals surface area contributed by atoms with Crippen LogP contribution in [0.4, 0.5) is 5.82 Å². The van der Waals surface area contributed by atoms with Crippen molar-refractivity contribution in [3.8, 4) is 0 Å². The molecule has 0 radical (unpaired) electrons. The number of nitrogens with zero attached hydrogens (tertiary/aromatic N) is 1. The molecule has 82 valence electrons. The van der Waals surface area contributed by atoms with E-state index in [0.717, 1.165) is 11.7 Å². The SMILES string of the molecule is Cc1ccnc(N[C@@H]2CCCC[C@H]2C)c1. The van der Waals surface area contributed by atoms with Gasteiger partial charge in [-0.15, -0.1) is 0 Å². The zero-order chi connectivity index (χ0) is 10.7. The molecule has 1 aromatic heterocycles. The first kappa shape index (κ1) is 10.5. The number of nitrogens with one attached hydrogen (secondary N) is 1. The van der Waals surface area contributed by atoms with Crippen LogP contribution in [0.1, 0.15) is 38.2 Å². The van der Waals surface area contributed by atoms with Gasteiger partial charge in [-0.25, -0.2) is 4.98 Å². The Morgan fingerprint density at radius 1 is 1.33 bits per heavy atom. The maximum Gasteiger partial charge on any atom is 0.126 e. The van der Waals surface area contributed by atoms with Gasteiger partial charge < -0.3 is 5.32 Å². The highest BCUT2D eigenvalue weighted by Gasteiger charge is 2.20. The molecule has 2 nitrogen and oxygen atoms in total. The lowest BCUT2D eigenvalue weighted by atomic mass is 9.86. The zero-order valence-electron chi connectivity index (χ0n) is 9.66. The van der Waals surface area contributed by atoms with Crippen molar-refractivity contribution in [3.05, 3.63) is 23.9 Å². The Morgan fingerprint density at radius 3 is 2.87 bits per heavy atom.